The van der Waals surface area contributed by atoms with E-state index in [0.717, 1.165) is 25.7 Å². The van der Waals surface area contributed by atoms with E-state index in [9.17, 15) is 4.79 Å². The Bertz CT molecular complexity index is 244. The van der Waals surface area contributed by atoms with Gasteiger partial charge in [-0.2, -0.15) is 0 Å². The average Bonchev–Trinajstić information content (AvgIpc) is 2.60. The molecule has 4 heteroatoms. The highest BCUT2D eigenvalue weighted by Gasteiger charge is 2.34. The summed E-state index contributed by atoms with van der Waals surface area (Å²) in [5, 5.41) is 6.84. The summed E-state index contributed by atoms with van der Waals surface area (Å²) >= 11 is 0. The number of fused-ring (bicyclic) bond motifs is 2. The first-order valence-electron chi connectivity index (χ1n) is 6.79. The molecule has 1 amide bonds. The first-order chi connectivity index (χ1) is 7.72. The molecule has 2 fully saturated rings. The molecule has 2 heterocycles. The molecule has 3 nitrogen and oxygen atoms in total. The molecule has 2 unspecified atom stereocenters. The lowest BCUT2D eigenvalue weighted by Crippen LogP contribution is -2.49. The van der Waals surface area contributed by atoms with E-state index in [0.29, 0.717) is 18.1 Å². The Kier molecular flexibility index (Phi) is 5.74. The normalized spacial score (nSPS) is 31.1. The molecule has 2 atom stereocenters. The Morgan fingerprint density at radius 1 is 1.24 bits per heavy atom. The van der Waals surface area contributed by atoms with Crippen LogP contribution in [0.2, 0.25) is 0 Å². The van der Waals surface area contributed by atoms with Gasteiger partial charge in [0.15, 0.2) is 0 Å². The number of carbonyl (C=O) groups excluding carboxylic acids is 1. The van der Waals surface area contributed by atoms with Crippen LogP contribution in [0, 0.1) is 5.92 Å². The minimum absolute atomic E-state index is 0. The highest BCUT2D eigenvalue weighted by molar-refractivity contribution is 5.85. The van der Waals surface area contributed by atoms with Crippen LogP contribution < -0.4 is 10.6 Å². The van der Waals surface area contributed by atoms with Crippen LogP contribution in [0.25, 0.3) is 0 Å². The Balaban J connectivity index is 0.00000144. The van der Waals surface area contributed by atoms with Crippen molar-refractivity contribution in [2.45, 2.75) is 70.5 Å². The molecule has 2 aliphatic heterocycles. The molecule has 0 aliphatic carbocycles. The van der Waals surface area contributed by atoms with Gasteiger partial charge in [-0.25, -0.2) is 0 Å². The van der Waals surface area contributed by atoms with Crippen LogP contribution in [0.3, 0.4) is 0 Å². The molecular formula is C13H25ClN2O. The van der Waals surface area contributed by atoms with Gasteiger partial charge in [0.25, 0.3) is 0 Å². The van der Waals surface area contributed by atoms with Gasteiger partial charge in [0.2, 0.25) is 5.91 Å². The van der Waals surface area contributed by atoms with Crippen LogP contribution in [0.4, 0.5) is 0 Å². The molecule has 0 radical (unpaired) electrons. The average molecular weight is 261 g/mol. The number of halogens is 1. The van der Waals surface area contributed by atoms with Gasteiger partial charge in [-0.3, -0.25) is 4.79 Å². The zero-order valence-electron chi connectivity index (χ0n) is 10.9. The number of piperidine rings is 1. The van der Waals surface area contributed by atoms with Gasteiger partial charge < -0.3 is 10.6 Å². The zero-order chi connectivity index (χ0) is 11.5. The first-order valence-corrected chi connectivity index (χ1v) is 6.79. The Hall–Kier alpha value is -0.280. The van der Waals surface area contributed by atoms with Crippen LogP contribution in [-0.4, -0.2) is 24.0 Å². The van der Waals surface area contributed by atoms with Crippen LogP contribution >= 0.6 is 12.4 Å². The van der Waals surface area contributed by atoms with Gasteiger partial charge in [0.05, 0.1) is 0 Å². The number of rotatable bonds is 4. The summed E-state index contributed by atoms with van der Waals surface area (Å²) in [6, 6.07) is 1.74. The predicted molar refractivity (Wildman–Crippen MR) is 72.4 cm³/mol. The molecule has 0 saturated carbocycles. The van der Waals surface area contributed by atoms with E-state index >= 15 is 0 Å². The molecule has 2 N–H and O–H groups in total. The summed E-state index contributed by atoms with van der Waals surface area (Å²) in [6.07, 6.45) is 6.76. The number of nitrogens with one attached hydrogen (secondary N) is 2. The lowest BCUT2D eigenvalue weighted by atomic mass is 9.97. The largest absolute Gasteiger partial charge is 0.353 e. The van der Waals surface area contributed by atoms with Crippen molar-refractivity contribution < 1.29 is 4.79 Å². The minimum Gasteiger partial charge on any atom is -0.353 e. The molecular weight excluding hydrogens is 236 g/mol. The van der Waals surface area contributed by atoms with Crippen molar-refractivity contribution in [3.05, 3.63) is 0 Å². The first kappa shape index (κ1) is 14.8. The van der Waals surface area contributed by atoms with Crippen molar-refractivity contribution in [1.82, 2.24) is 10.6 Å². The van der Waals surface area contributed by atoms with E-state index in [1.165, 1.54) is 12.8 Å². The lowest BCUT2D eigenvalue weighted by molar-refractivity contribution is -0.126. The minimum atomic E-state index is 0. The van der Waals surface area contributed by atoms with Gasteiger partial charge in [-0.05, 0) is 38.5 Å². The van der Waals surface area contributed by atoms with E-state index in [-0.39, 0.29) is 24.2 Å². The second-order valence-electron chi connectivity index (χ2n) is 5.33. The van der Waals surface area contributed by atoms with Gasteiger partial charge in [0, 0.05) is 24.0 Å². The van der Waals surface area contributed by atoms with Crippen LogP contribution in [0.1, 0.15) is 52.4 Å². The highest BCUT2D eigenvalue weighted by atomic mass is 35.5. The molecule has 2 bridgehead atoms. The highest BCUT2D eigenvalue weighted by Crippen LogP contribution is 2.27. The second-order valence-corrected chi connectivity index (χ2v) is 5.33. The van der Waals surface area contributed by atoms with E-state index in [1.54, 1.807) is 0 Å². The summed E-state index contributed by atoms with van der Waals surface area (Å²) < 4.78 is 0. The smallest absolute Gasteiger partial charge is 0.223 e. The monoisotopic (exact) mass is 260 g/mol. The fourth-order valence-corrected chi connectivity index (χ4v) is 3.15. The summed E-state index contributed by atoms with van der Waals surface area (Å²) in [7, 11) is 0. The maximum atomic E-state index is 12.0. The summed E-state index contributed by atoms with van der Waals surface area (Å²) in [5.41, 5.74) is 0. The molecule has 2 saturated heterocycles. The molecule has 2 rings (SSSR count). The number of hydrogen-bond donors (Lipinski definition) is 2. The van der Waals surface area contributed by atoms with Gasteiger partial charge >= 0.3 is 0 Å². The van der Waals surface area contributed by atoms with Crippen LogP contribution in [-0.2, 0) is 4.79 Å². The SMILES string of the molecule is CCC(CC)C(=O)NC1CC2CCC(C1)N2.Cl. The second kappa shape index (κ2) is 6.60. The maximum absolute atomic E-state index is 12.0. The molecule has 100 valence electrons. The maximum Gasteiger partial charge on any atom is 0.223 e. The predicted octanol–water partition coefficient (Wildman–Crippen LogP) is 2.24. The topological polar surface area (TPSA) is 41.1 Å². The molecule has 0 spiro atoms. The van der Waals surface area contributed by atoms with Gasteiger partial charge in [-0.15, -0.1) is 12.4 Å². The molecule has 0 aromatic carbocycles. The Labute approximate surface area is 111 Å². The summed E-state index contributed by atoms with van der Waals surface area (Å²) in [4.78, 5) is 12.0. The summed E-state index contributed by atoms with van der Waals surface area (Å²) in [5.74, 6) is 0.490. The van der Waals surface area contributed by atoms with Gasteiger partial charge in [-0.1, -0.05) is 13.8 Å². The molecule has 0 aromatic heterocycles. The van der Waals surface area contributed by atoms with Crippen molar-refractivity contribution in [3.8, 4) is 0 Å². The fourth-order valence-electron chi connectivity index (χ4n) is 3.15. The number of carbonyl (C=O) groups is 1. The molecule has 0 aromatic rings. The lowest BCUT2D eigenvalue weighted by Gasteiger charge is -2.30. The third-order valence-electron chi connectivity index (χ3n) is 4.18. The quantitative estimate of drug-likeness (QED) is 0.814. The third-order valence-corrected chi connectivity index (χ3v) is 4.18. The van der Waals surface area contributed by atoms with Crippen molar-refractivity contribution >= 4 is 18.3 Å². The van der Waals surface area contributed by atoms with Crippen LogP contribution in [0.5, 0.6) is 0 Å². The van der Waals surface area contributed by atoms with Crippen LogP contribution in [0.15, 0.2) is 0 Å². The standard InChI is InChI=1S/C13H24N2O.ClH/c1-3-9(4-2)13(16)15-12-7-10-5-6-11(8-12)14-10;/h9-12,14H,3-8H2,1-2H3,(H,15,16);1H. The summed E-state index contributed by atoms with van der Waals surface area (Å²) in [6.45, 7) is 4.19. The number of amides is 1. The number of hydrogen-bond acceptors (Lipinski definition) is 2. The molecule has 17 heavy (non-hydrogen) atoms. The van der Waals surface area contributed by atoms with Gasteiger partial charge in [0.1, 0.15) is 0 Å². The Morgan fingerprint density at radius 3 is 2.24 bits per heavy atom. The Morgan fingerprint density at radius 2 is 1.76 bits per heavy atom. The van der Waals surface area contributed by atoms with Crippen molar-refractivity contribution in [2.24, 2.45) is 5.92 Å². The van der Waals surface area contributed by atoms with E-state index in [4.69, 9.17) is 0 Å². The van der Waals surface area contributed by atoms with Crippen molar-refractivity contribution in [3.63, 3.8) is 0 Å². The fraction of sp³-hybridized carbons (Fsp3) is 0.923. The van der Waals surface area contributed by atoms with E-state index in [2.05, 4.69) is 24.5 Å². The van der Waals surface area contributed by atoms with E-state index < -0.39 is 0 Å². The van der Waals surface area contributed by atoms with E-state index in [1.807, 2.05) is 0 Å². The van der Waals surface area contributed by atoms with Crippen molar-refractivity contribution in [2.75, 3.05) is 0 Å². The zero-order valence-corrected chi connectivity index (χ0v) is 11.7. The molecule has 2 aliphatic rings. The third kappa shape index (κ3) is 3.59. The van der Waals surface area contributed by atoms with Crippen molar-refractivity contribution in [1.29, 1.82) is 0 Å².